The molecule has 0 saturated carbocycles. The Morgan fingerprint density at radius 2 is 1.73 bits per heavy atom. The predicted molar refractivity (Wildman–Crippen MR) is 131 cm³/mol. The quantitative estimate of drug-likeness (QED) is 0.512. The second-order valence-corrected chi connectivity index (χ2v) is 8.82. The molecule has 1 fully saturated rings. The van der Waals surface area contributed by atoms with Crippen LogP contribution in [0.25, 0.3) is 10.4 Å². The van der Waals surface area contributed by atoms with E-state index in [2.05, 4.69) is 15.1 Å². The van der Waals surface area contributed by atoms with Gasteiger partial charge in [0.2, 0.25) is 5.91 Å². The van der Waals surface area contributed by atoms with Gasteiger partial charge in [-0.2, -0.15) is 0 Å². The smallest absolute Gasteiger partial charge is 0.341 e. The number of phenolic OH excluding ortho intramolecular Hbond substituents is 1. The summed E-state index contributed by atoms with van der Waals surface area (Å²) < 4.78 is 5.20. The third-order valence-corrected chi connectivity index (χ3v) is 6.59. The number of hydrogen-bond donors (Lipinski definition) is 2. The Morgan fingerprint density at radius 3 is 2.39 bits per heavy atom. The number of amides is 1. The Bertz CT molecular complexity index is 1090. The molecule has 2 N–H and O–H groups in total. The van der Waals surface area contributed by atoms with Crippen molar-refractivity contribution in [2.45, 2.75) is 6.92 Å². The van der Waals surface area contributed by atoms with E-state index in [-0.39, 0.29) is 24.8 Å². The Balaban J connectivity index is 1.39. The van der Waals surface area contributed by atoms with E-state index in [9.17, 15) is 14.7 Å². The number of carbonyl (C=O) groups excluding carboxylic acids is 2. The minimum absolute atomic E-state index is 0.153. The summed E-state index contributed by atoms with van der Waals surface area (Å²) in [5.74, 6) is -0.339. The van der Waals surface area contributed by atoms with Crippen LogP contribution in [0, 0.1) is 0 Å². The van der Waals surface area contributed by atoms with E-state index >= 15 is 0 Å². The zero-order valence-corrected chi connectivity index (χ0v) is 19.3. The molecule has 0 spiro atoms. The number of anilines is 2. The van der Waals surface area contributed by atoms with Crippen LogP contribution >= 0.6 is 11.3 Å². The molecule has 1 amide bonds. The first-order valence-electron chi connectivity index (χ1n) is 11.0. The van der Waals surface area contributed by atoms with E-state index in [0.29, 0.717) is 10.6 Å². The molecule has 0 bridgehead atoms. The summed E-state index contributed by atoms with van der Waals surface area (Å²) >= 11 is 1.38. The van der Waals surface area contributed by atoms with Crippen LogP contribution < -0.4 is 10.2 Å². The lowest BCUT2D eigenvalue weighted by molar-refractivity contribution is -0.117. The van der Waals surface area contributed by atoms with Crippen molar-refractivity contribution in [2.24, 2.45) is 0 Å². The van der Waals surface area contributed by atoms with Gasteiger partial charge in [-0.1, -0.05) is 30.3 Å². The van der Waals surface area contributed by atoms with Crippen LogP contribution in [-0.4, -0.2) is 61.2 Å². The molecule has 0 radical (unpaired) electrons. The number of esters is 1. The first kappa shape index (κ1) is 22.8. The number of nitrogens with zero attached hydrogens (tertiary/aromatic N) is 2. The van der Waals surface area contributed by atoms with Crippen molar-refractivity contribution in [3.8, 4) is 16.2 Å². The fourth-order valence-electron chi connectivity index (χ4n) is 3.79. The van der Waals surface area contributed by atoms with Gasteiger partial charge in [-0.3, -0.25) is 9.69 Å². The van der Waals surface area contributed by atoms with Gasteiger partial charge >= 0.3 is 5.97 Å². The summed E-state index contributed by atoms with van der Waals surface area (Å²) in [4.78, 5) is 30.5. The molecule has 0 aliphatic carbocycles. The average Bonchev–Trinajstić information content (AvgIpc) is 3.24. The standard InChI is InChI=1S/C25H27N3O4S/c1-2-32-25(31)21-16-22(18-6-4-3-5-7-18)33-24(21)26-23(30)17-27-12-14-28(15-13-27)19-8-10-20(29)11-9-19/h3-11,16,29H,2,12-15,17H2,1H3,(H,26,30). The van der Waals surface area contributed by atoms with E-state index in [0.717, 1.165) is 42.3 Å². The lowest BCUT2D eigenvalue weighted by atomic mass is 10.1. The first-order valence-corrected chi connectivity index (χ1v) is 11.8. The van der Waals surface area contributed by atoms with Crippen molar-refractivity contribution in [1.29, 1.82) is 0 Å². The summed E-state index contributed by atoms with van der Waals surface area (Å²) in [6.07, 6.45) is 0. The van der Waals surface area contributed by atoms with Crippen LogP contribution in [0.3, 0.4) is 0 Å². The molecule has 1 aliphatic heterocycles. The summed E-state index contributed by atoms with van der Waals surface area (Å²) in [5, 5.41) is 12.9. The summed E-state index contributed by atoms with van der Waals surface area (Å²) in [6.45, 7) is 5.38. The highest BCUT2D eigenvalue weighted by atomic mass is 32.1. The molecule has 0 atom stereocenters. The van der Waals surface area contributed by atoms with E-state index in [4.69, 9.17) is 4.74 Å². The van der Waals surface area contributed by atoms with Crippen molar-refractivity contribution in [3.05, 3.63) is 66.2 Å². The van der Waals surface area contributed by atoms with E-state index in [1.165, 1.54) is 11.3 Å². The van der Waals surface area contributed by atoms with Gasteiger partial charge in [0.05, 0.1) is 18.7 Å². The summed E-state index contributed by atoms with van der Waals surface area (Å²) in [6, 6.07) is 18.7. The van der Waals surface area contributed by atoms with Crippen LogP contribution in [-0.2, 0) is 9.53 Å². The highest BCUT2D eigenvalue weighted by Gasteiger charge is 2.23. The number of piperazine rings is 1. The predicted octanol–water partition coefficient (Wildman–Crippen LogP) is 4.06. The van der Waals surface area contributed by atoms with Gasteiger partial charge in [0.15, 0.2) is 0 Å². The number of phenols is 1. The molecule has 1 aromatic heterocycles. The van der Waals surface area contributed by atoms with Crippen LogP contribution in [0.15, 0.2) is 60.7 Å². The number of hydrogen-bond acceptors (Lipinski definition) is 7. The van der Waals surface area contributed by atoms with Gasteiger partial charge in [0.25, 0.3) is 0 Å². The van der Waals surface area contributed by atoms with Crippen molar-refractivity contribution >= 4 is 33.9 Å². The topological polar surface area (TPSA) is 82.1 Å². The molecule has 3 aromatic rings. The van der Waals surface area contributed by atoms with Crippen molar-refractivity contribution < 1.29 is 19.4 Å². The molecule has 1 saturated heterocycles. The van der Waals surface area contributed by atoms with E-state index < -0.39 is 5.97 Å². The molecular formula is C25H27N3O4S. The van der Waals surface area contributed by atoms with Crippen LogP contribution in [0.5, 0.6) is 5.75 Å². The average molecular weight is 466 g/mol. The Morgan fingerprint density at radius 1 is 1.03 bits per heavy atom. The second-order valence-electron chi connectivity index (χ2n) is 7.77. The second kappa shape index (κ2) is 10.5. The first-order chi connectivity index (χ1) is 16.0. The third kappa shape index (κ3) is 5.71. The van der Waals surface area contributed by atoms with E-state index in [1.54, 1.807) is 25.1 Å². The number of carbonyl (C=O) groups is 2. The fourth-order valence-corrected chi connectivity index (χ4v) is 4.85. The number of ether oxygens (including phenoxy) is 1. The lowest BCUT2D eigenvalue weighted by Crippen LogP contribution is -2.48. The largest absolute Gasteiger partial charge is 0.508 e. The van der Waals surface area contributed by atoms with Gasteiger partial charge in [-0.05, 0) is 42.8 Å². The fraction of sp³-hybridized carbons (Fsp3) is 0.280. The maximum absolute atomic E-state index is 12.8. The number of rotatable bonds is 7. The minimum atomic E-state index is -0.436. The summed E-state index contributed by atoms with van der Waals surface area (Å²) in [5.41, 5.74) is 2.42. The zero-order valence-electron chi connectivity index (χ0n) is 18.5. The van der Waals surface area contributed by atoms with Crippen LogP contribution in [0.4, 0.5) is 10.7 Å². The Kier molecular flexibility index (Phi) is 7.26. The monoisotopic (exact) mass is 465 g/mol. The van der Waals surface area contributed by atoms with Gasteiger partial charge in [-0.25, -0.2) is 4.79 Å². The van der Waals surface area contributed by atoms with Gasteiger partial charge in [0.1, 0.15) is 10.8 Å². The zero-order chi connectivity index (χ0) is 23.2. The molecule has 7 nitrogen and oxygen atoms in total. The molecule has 2 heterocycles. The minimum Gasteiger partial charge on any atom is -0.508 e. The highest BCUT2D eigenvalue weighted by Crippen LogP contribution is 2.36. The number of nitrogens with one attached hydrogen (secondary N) is 1. The summed E-state index contributed by atoms with van der Waals surface area (Å²) in [7, 11) is 0. The third-order valence-electron chi connectivity index (χ3n) is 5.49. The van der Waals surface area contributed by atoms with Gasteiger partial charge in [-0.15, -0.1) is 11.3 Å². The molecular weight excluding hydrogens is 438 g/mol. The molecule has 8 heteroatoms. The van der Waals surface area contributed by atoms with Crippen molar-refractivity contribution in [1.82, 2.24) is 4.90 Å². The highest BCUT2D eigenvalue weighted by molar-refractivity contribution is 7.20. The number of benzene rings is 2. The SMILES string of the molecule is CCOC(=O)c1cc(-c2ccccc2)sc1NC(=O)CN1CCN(c2ccc(O)cc2)CC1. The maximum atomic E-state index is 12.8. The Hall–Kier alpha value is -3.36. The molecule has 33 heavy (non-hydrogen) atoms. The van der Waals surface area contributed by atoms with Crippen molar-refractivity contribution in [2.75, 3.05) is 49.5 Å². The van der Waals surface area contributed by atoms with Crippen LogP contribution in [0.2, 0.25) is 0 Å². The Labute approximate surface area is 197 Å². The molecule has 2 aromatic carbocycles. The van der Waals surface area contributed by atoms with Gasteiger partial charge in [0, 0.05) is 36.7 Å². The number of aromatic hydroxyl groups is 1. The molecule has 1 aliphatic rings. The van der Waals surface area contributed by atoms with Crippen molar-refractivity contribution in [3.63, 3.8) is 0 Å². The molecule has 172 valence electrons. The normalized spacial score (nSPS) is 14.2. The van der Waals surface area contributed by atoms with E-state index in [1.807, 2.05) is 42.5 Å². The van der Waals surface area contributed by atoms with Crippen LogP contribution in [0.1, 0.15) is 17.3 Å². The lowest BCUT2D eigenvalue weighted by Gasteiger charge is -2.35. The van der Waals surface area contributed by atoms with Gasteiger partial charge < -0.3 is 20.1 Å². The number of thiophene rings is 1. The maximum Gasteiger partial charge on any atom is 0.341 e. The molecule has 4 rings (SSSR count). The molecule has 0 unspecified atom stereocenters.